The van der Waals surface area contributed by atoms with Crippen LogP contribution in [0.25, 0.3) is 0 Å². The van der Waals surface area contributed by atoms with Gasteiger partial charge in [0.15, 0.2) is 0 Å². The lowest BCUT2D eigenvalue weighted by atomic mass is 10.1. The first-order valence-electron chi connectivity index (χ1n) is 7.14. The fourth-order valence-corrected chi connectivity index (χ4v) is 2.99. The number of nitriles is 1. The maximum absolute atomic E-state index is 8.92. The van der Waals surface area contributed by atoms with Gasteiger partial charge in [-0.1, -0.05) is 19.1 Å². The van der Waals surface area contributed by atoms with E-state index in [1.165, 1.54) is 24.9 Å². The normalized spacial score (nSPS) is 19.8. The predicted molar refractivity (Wildman–Crippen MR) is 77.8 cm³/mol. The smallest absolute Gasteiger partial charge is 0.0991 e. The van der Waals surface area contributed by atoms with Crippen molar-refractivity contribution in [2.45, 2.75) is 32.4 Å². The molecule has 1 aromatic rings. The molecule has 1 unspecified atom stereocenters. The van der Waals surface area contributed by atoms with Gasteiger partial charge in [0.25, 0.3) is 0 Å². The van der Waals surface area contributed by atoms with E-state index in [2.05, 4.69) is 35.9 Å². The van der Waals surface area contributed by atoms with E-state index in [0.29, 0.717) is 6.04 Å². The van der Waals surface area contributed by atoms with Crippen molar-refractivity contribution in [3.8, 4) is 6.07 Å². The van der Waals surface area contributed by atoms with Crippen molar-refractivity contribution in [1.82, 2.24) is 9.80 Å². The average Bonchev–Trinajstić information content (AvgIpc) is 2.86. The molecule has 0 radical (unpaired) electrons. The minimum atomic E-state index is 0.703. The molecule has 1 aliphatic heterocycles. The minimum absolute atomic E-state index is 0.703. The lowest BCUT2D eigenvalue weighted by Gasteiger charge is -2.27. The molecule has 102 valence electrons. The van der Waals surface area contributed by atoms with Gasteiger partial charge < -0.3 is 4.90 Å². The minimum Gasteiger partial charge on any atom is -0.301 e. The Hall–Kier alpha value is -1.37. The summed E-state index contributed by atoms with van der Waals surface area (Å²) in [5.74, 6) is 0. The molecule has 3 nitrogen and oxygen atoms in total. The first-order chi connectivity index (χ1) is 9.22. The van der Waals surface area contributed by atoms with Crippen molar-refractivity contribution in [3.63, 3.8) is 0 Å². The van der Waals surface area contributed by atoms with Gasteiger partial charge in [0.05, 0.1) is 11.6 Å². The number of hydrogen-bond acceptors (Lipinski definition) is 3. The second-order valence-electron chi connectivity index (χ2n) is 5.43. The summed E-state index contributed by atoms with van der Waals surface area (Å²) in [4.78, 5) is 4.94. The van der Waals surface area contributed by atoms with E-state index >= 15 is 0 Å². The van der Waals surface area contributed by atoms with Gasteiger partial charge in [-0.15, -0.1) is 0 Å². The molecular formula is C16H23N3. The van der Waals surface area contributed by atoms with Crippen LogP contribution in [-0.2, 0) is 6.54 Å². The second kappa shape index (κ2) is 6.70. The molecule has 19 heavy (non-hydrogen) atoms. The van der Waals surface area contributed by atoms with Crippen molar-refractivity contribution < 1.29 is 0 Å². The first-order valence-corrected chi connectivity index (χ1v) is 7.14. The Morgan fingerprint density at radius 1 is 1.47 bits per heavy atom. The Labute approximate surface area is 116 Å². The topological polar surface area (TPSA) is 30.3 Å². The Bertz CT molecular complexity index is 450. The highest BCUT2D eigenvalue weighted by atomic mass is 15.2. The molecule has 0 amide bonds. The molecule has 1 fully saturated rings. The fraction of sp³-hybridized carbons (Fsp3) is 0.562. The van der Waals surface area contributed by atoms with Crippen LogP contribution in [0.1, 0.15) is 30.9 Å². The zero-order valence-corrected chi connectivity index (χ0v) is 12.0. The number of likely N-dealkylation sites (N-methyl/N-ethyl adjacent to an activating group) is 2. The maximum atomic E-state index is 8.92. The molecule has 0 N–H and O–H groups in total. The number of likely N-dealkylation sites (tertiary alicyclic amines) is 1. The Kier molecular flexibility index (Phi) is 4.95. The van der Waals surface area contributed by atoms with Crippen molar-refractivity contribution >= 4 is 0 Å². The van der Waals surface area contributed by atoms with E-state index in [4.69, 9.17) is 5.26 Å². The monoisotopic (exact) mass is 257 g/mol. The van der Waals surface area contributed by atoms with Crippen molar-refractivity contribution in [2.75, 3.05) is 26.7 Å². The van der Waals surface area contributed by atoms with Gasteiger partial charge in [-0.05, 0) is 50.7 Å². The highest BCUT2D eigenvalue weighted by molar-refractivity contribution is 5.32. The van der Waals surface area contributed by atoms with E-state index in [9.17, 15) is 0 Å². The number of hydrogen-bond donors (Lipinski definition) is 0. The lowest BCUT2D eigenvalue weighted by Crippen LogP contribution is -2.38. The summed E-state index contributed by atoms with van der Waals surface area (Å²) in [6.07, 6.45) is 2.65. The van der Waals surface area contributed by atoms with Crippen molar-refractivity contribution in [2.24, 2.45) is 0 Å². The zero-order chi connectivity index (χ0) is 13.7. The highest BCUT2D eigenvalue weighted by Crippen LogP contribution is 2.18. The van der Waals surface area contributed by atoms with Crippen LogP contribution in [0.4, 0.5) is 0 Å². The molecule has 0 spiro atoms. The van der Waals surface area contributed by atoms with E-state index in [1.807, 2.05) is 18.2 Å². The molecule has 0 bridgehead atoms. The molecule has 0 aliphatic carbocycles. The summed E-state index contributed by atoms with van der Waals surface area (Å²) in [5, 5.41) is 8.92. The van der Waals surface area contributed by atoms with Crippen LogP contribution in [0, 0.1) is 11.3 Å². The van der Waals surface area contributed by atoms with Crippen LogP contribution in [0.2, 0.25) is 0 Å². The molecule has 2 rings (SSSR count). The van der Waals surface area contributed by atoms with E-state index < -0.39 is 0 Å². The summed E-state index contributed by atoms with van der Waals surface area (Å²) < 4.78 is 0. The van der Waals surface area contributed by atoms with Gasteiger partial charge in [-0.2, -0.15) is 5.26 Å². The summed E-state index contributed by atoms with van der Waals surface area (Å²) in [6.45, 7) is 6.68. The Morgan fingerprint density at radius 3 is 3.05 bits per heavy atom. The second-order valence-corrected chi connectivity index (χ2v) is 5.43. The molecule has 0 saturated carbocycles. The van der Waals surface area contributed by atoms with Gasteiger partial charge in [-0.25, -0.2) is 0 Å². The average molecular weight is 257 g/mol. The molecule has 1 heterocycles. The van der Waals surface area contributed by atoms with Crippen molar-refractivity contribution in [3.05, 3.63) is 35.4 Å². The molecule has 1 saturated heterocycles. The van der Waals surface area contributed by atoms with Gasteiger partial charge in [0.1, 0.15) is 0 Å². The maximum Gasteiger partial charge on any atom is 0.0991 e. The van der Waals surface area contributed by atoms with Gasteiger partial charge in [0, 0.05) is 19.1 Å². The summed E-state index contributed by atoms with van der Waals surface area (Å²) >= 11 is 0. The molecular weight excluding hydrogens is 234 g/mol. The van der Waals surface area contributed by atoms with Crippen LogP contribution in [0.15, 0.2) is 24.3 Å². The molecule has 0 aromatic heterocycles. The fourth-order valence-electron chi connectivity index (χ4n) is 2.99. The zero-order valence-electron chi connectivity index (χ0n) is 12.0. The highest BCUT2D eigenvalue weighted by Gasteiger charge is 2.23. The largest absolute Gasteiger partial charge is 0.301 e. The quantitative estimate of drug-likeness (QED) is 0.812. The third-order valence-corrected chi connectivity index (χ3v) is 3.94. The summed E-state index contributed by atoms with van der Waals surface area (Å²) in [6, 6.07) is 10.8. The van der Waals surface area contributed by atoms with E-state index in [0.717, 1.165) is 25.2 Å². The molecule has 3 heteroatoms. The van der Waals surface area contributed by atoms with E-state index in [1.54, 1.807) is 0 Å². The first kappa shape index (κ1) is 14.0. The Morgan fingerprint density at radius 2 is 2.32 bits per heavy atom. The summed E-state index contributed by atoms with van der Waals surface area (Å²) in [7, 11) is 2.17. The number of rotatable bonds is 5. The van der Waals surface area contributed by atoms with Gasteiger partial charge >= 0.3 is 0 Å². The summed E-state index contributed by atoms with van der Waals surface area (Å²) in [5.41, 5.74) is 1.98. The SMILES string of the molecule is CCN1CCCC1CN(C)Cc1cccc(C#N)c1. The third-order valence-electron chi connectivity index (χ3n) is 3.94. The molecule has 1 atom stereocenters. The van der Waals surface area contributed by atoms with Gasteiger partial charge in [0.2, 0.25) is 0 Å². The lowest BCUT2D eigenvalue weighted by molar-refractivity contribution is 0.195. The van der Waals surface area contributed by atoms with Crippen LogP contribution in [0.5, 0.6) is 0 Å². The van der Waals surface area contributed by atoms with Gasteiger partial charge in [-0.3, -0.25) is 4.90 Å². The molecule has 1 aliphatic rings. The van der Waals surface area contributed by atoms with Crippen LogP contribution in [-0.4, -0.2) is 42.5 Å². The molecule has 1 aromatic carbocycles. The van der Waals surface area contributed by atoms with Crippen molar-refractivity contribution in [1.29, 1.82) is 5.26 Å². The Balaban J connectivity index is 1.90. The van der Waals surface area contributed by atoms with Crippen LogP contribution in [0.3, 0.4) is 0 Å². The predicted octanol–water partition coefficient (Wildman–Crippen LogP) is 2.47. The standard InChI is InChI=1S/C16H23N3/c1-3-19-9-5-8-16(19)13-18(2)12-15-7-4-6-14(10-15)11-17/h4,6-7,10,16H,3,5,8-9,12-13H2,1-2H3. The van der Waals surface area contributed by atoms with E-state index in [-0.39, 0.29) is 0 Å². The number of nitrogens with zero attached hydrogens (tertiary/aromatic N) is 3. The number of benzene rings is 1. The van der Waals surface area contributed by atoms with Crippen LogP contribution < -0.4 is 0 Å². The van der Waals surface area contributed by atoms with Crippen LogP contribution >= 0.6 is 0 Å². The third kappa shape index (κ3) is 3.79.